The van der Waals surface area contributed by atoms with Crippen LogP contribution in [0.1, 0.15) is 12.1 Å². The van der Waals surface area contributed by atoms with Crippen LogP contribution in [0.5, 0.6) is 0 Å². The molecule has 1 aromatic heterocycles. The molecule has 0 unspecified atom stereocenters. The standard InChI is InChI=1S/C11H17N7O3/c1-8-9(18(19)20)10(15-11(14-8)16-13)17(5-3-4-12)6-7-21-2/h3,5-7,13H2,1-2H3,(H,14,15,16). The second kappa shape index (κ2) is 7.93. The van der Waals surface area contributed by atoms with Crippen molar-refractivity contribution in [2.24, 2.45) is 5.84 Å². The number of ether oxygens (including phenoxy) is 1. The number of nitrogen functional groups attached to an aromatic ring is 1. The number of methoxy groups -OCH3 is 1. The minimum absolute atomic E-state index is 0.0764. The summed E-state index contributed by atoms with van der Waals surface area (Å²) in [4.78, 5) is 20.3. The predicted molar refractivity (Wildman–Crippen MR) is 75.6 cm³/mol. The molecule has 0 fully saturated rings. The van der Waals surface area contributed by atoms with Gasteiger partial charge in [0.05, 0.1) is 24.0 Å². The average Bonchev–Trinajstić information content (AvgIpc) is 2.46. The summed E-state index contributed by atoms with van der Waals surface area (Å²) in [6.07, 6.45) is 0.204. The Balaban J connectivity index is 3.28. The lowest BCUT2D eigenvalue weighted by Gasteiger charge is -2.22. The van der Waals surface area contributed by atoms with Gasteiger partial charge in [0.15, 0.2) is 0 Å². The molecule has 0 aliphatic heterocycles. The molecule has 3 N–H and O–H groups in total. The molecule has 0 bridgehead atoms. The second-order valence-electron chi connectivity index (χ2n) is 4.09. The number of nitrogens with one attached hydrogen (secondary N) is 1. The van der Waals surface area contributed by atoms with Crippen LogP contribution in [0, 0.1) is 28.4 Å². The largest absolute Gasteiger partial charge is 0.383 e. The first-order valence-electron chi connectivity index (χ1n) is 6.15. The van der Waals surface area contributed by atoms with Gasteiger partial charge in [0, 0.05) is 20.2 Å². The maximum Gasteiger partial charge on any atom is 0.332 e. The van der Waals surface area contributed by atoms with Gasteiger partial charge in [-0.2, -0.15) is 10.2 Å². The number of nitrogens with zero attached hydrogens (tertiary/aromatic N) is 5. The predicted octanol–water partition coefficient (Wildman–Crippen LogP) is 0.345. The van der Waals surface area contributed by atoms with Crippen molar-refractivity contribution in [2.45, 2.75) is 13.3 Å². The quantitative estimate of drug-likeness (QED) is 0.394. The van der Waals surface area contributed by atoms with Gasteiger partial charge in [0.2, 0.25) is 11.8 Å². The van der Waals surface area contributed by atoms with E-state index in [1.807, 2.05) is 6.07 Å². The lowest BCUT2D eigenvalue weighted by Crippen LogP contribution is -2.30. The summed E-state index contributed by atoms with van der Waals surface area (Å²) in [6, 6.07) is 2.00. The van der Waals surface area contributed by atoms with Crippen molar-refractivity contribution >= 4 is 17.5 Å². The number of rotatable bonds is 8. The molecule has 0 amide bonds. The van der Waals surface area contributed by atoms with E-state index < -0.39 is 4.92 Å². The van der Waals surface area contributed by atoms with E-state index in [4.69, 9.17) is 15.8 Å². The molecule has 1 aromatic rings. The number of hydrogen-bond acceptors (Lipinski definition) is 9. The molecule has 0 saturated carbocycles. The van der Waals surface area contributed by atoms with Crippen molar-refractivity contribution in [3.63, 3.8) is 0 Å². The number of nitro groups is 1. The molecule has 1 rings (SSSR count). The Morgan fingerprint density at radius 2 is 2.24 bits per heavy atom. The zero-order valence-corrected chi connectivity index (χ0v) is 11.9. The van der Waals surface area contributed by atoms with Crippen molar-refractivity contribution in [1.82, 2.24) is 9.97 Å². The second-order valence-corrected chi connectivity index (χ2v) is 4.09. The first kappa shape index (κ1) is 16.5. The summed E-state index contributed by atoms with van der Waals surface area (Å²) < 4.78 is 4.98. The van der Waals surface area contributed by atoms with Crippen LogP contribution in [0.3, 0.4) is 0 Å². The topological polar surface area (TPSA) is 143 Å². The highest BCUT2D eigenvalue weighted by Crippen LogP contribution is 2.29. The van der Waals surface area contributed by atoms with Crippen LogP contribution in [0.4, 0.5) is 17.5 Å². The maximum atomic E-state index is 11.2. The molecule has 0 aromatic carbocycles. The van der Waals surface area contributed by atoms with Crippen molar-refractivity contribution < 1.29 is 9.66 Å². The molecule has 0 aliphatic rings. The molecule has 0 saturated heterocycles. The number of aromatic nitrogens is 2. The van der Waals surface area contributed by atoms with E-state index in [0.717, 1.165) is 0 Å². The average molecular weight is 295 g/mol. The molecule has 0 spiro atoms. The van der Waals surface area contributed by atoms with E-state index in [1.54, 1.807) is 4.90 Å². The minimum atomic E-state index is -0.545. The number of anilines is 2. The van der Waals surface area contributed by atoms with Gasteiger partial charge in [-0.25, -0.2) is 10.8 Å². The fourth-order valence-corrected chi connectivity index (χ4v) is 1.76. The zero-order chi connectivity index (χ0) is 15.8. The molecule has 10 heteroatoms. The first-order valence-corrected chi connectivity index (χ1v) is 6.15. The summed E-state index contributed by atoms with van der Waals surface area (Å²) in [5.41, 5.74) is 2.26. The normalized spacial score (nSPS) is 10.0. The molecular formula is C11H17N7O3. The van der Waals surface area contributed by atoms with E-state index in [1.165, 1.54) is 14.0 Å². The fourth-order valence-electron chi connectivity index (χ4n) is 1.76. The Morgan fingerprint density at radius 3 is 2.76 bits per heavy atom. The van der Waals surface area contributed by atoms with Crippen LogP contribution in [0.25, 0.3) is 0 Å². The summed E-state index contributed by atoms with van der Waals surface area (Å²) in [5, 5.41) is 20.0. The number of hydrogen-bond donors (Lipinski definition) is 2. The SMILES string of the molecule is COCCN(CCC#N)c1nc(NN)nc(C)c1[N+](=O)[O-]. The highest BCUT2D eigenvalue weighted by Gasteiger charge is 2.26. The maximum absolute atomic E-state index is 11.2. The number of hydrazine groups is 1. The fraction of sp³-hybridized carbons (Fsp3) is 0.545. The van der Waals surface area contributed by atoms with Crippen molar-refractivity contribution in [1.29, 1.82) is 5.26 Å². The molecule has 114 valence electrons. The number of nitriles is 1. The van der Waals surface area contributed by atoms with E-state index in [0.29, 0.717) is 19.7 Å². The molecule has 0 atom stereocenters. The minimum Gasteiger partial charge on any atom is -0.383 e. The van der Waals surface area contributed by atoms with Crippen molar-refractivity contribution in [3.8, 4) is 6.07 Å². The molecule has 0 radical (unpaired) electrons. The van der Waals surface area contributed by atoms with Crippen molar-refractivity contribution in [2.75, 3.05) is 37.1 Å². The van der Waals surface area contributed by atoms with Crippen LogP contribution in [0.2, 0.25) is 0 Å². The molecule has 21 heavy (non-hydrogen) atoms. The zero-order valence-electron chi connectivity index (χ0n) is 11.9. The Bertz CT molecular complexity index is 543. The van der Waals surface area contributed by atoms with Crippen molar-refractivity contribution in [3.05, 3.63) is 15.8 Å². The van der Waals surface area contributed by atoms with Crippen LogP contribution in [0.15, 0.2) is 0 Å². The Hall–Kier alpha value is -2.51. The van der Waals surface area contributed by atoms with Crippen LogP contribution in [-0.2, 0) is 4.74 Å². The third-order valence-electron chi connectivity index (χ3n) is 2.71. The lowest BCUT2D eigenvalue weighted by molar-refractivity contribution is -0.385. The smallest absolute Gasteiger partial charge is 0.332 e. The van der Waals surface area contributed by atoms with Gasteiger partial charge >= 0.3 is 5.69 Å². The molecular weight excluding hydrogens is 278 g/mol. The summed E-state index contributed by atoms with van der Waals surface area (Å²) in [5.74, 6) is 5.47. The Labute approximate surface area is 121 Å². The number of aryl methyl sites for hydroxylation is 1. The first-order chi connectivity index (χ1) is 10.0. The monoisotopic (exact) mass is 295 g/mol. The highest BCUT2D eigenvalue weighted by molar-refractivity contribution is 5.62. The Morgan fingerprint density at radius 1 is 1.52 bits per heavy atom. The highest BCUT2D eigenvalue weighted by atomic mass is 16.6. The number of nitrogens with two attached hydrogens (primary N) is 1. The van der Waals surface area contributed by atoms with E-state index in [9.17, 15) is 10.1 Å². The van der Waals surface area contributed by atoms with Gasteiger partial charge in [0.1, 0.15) is 5.69 Å². The third kappa shape index (κ3) is 4.23. The van der Waals surface area contributed by atoms with Gasteiger partial charge in [-0.1, -0.05) is 0 Å². The summed E-state index contributed by atoms with van der Waals surface area (Å²) in [7, 11) is 1.52. The van der Waals surface area contributed by atoms with E-state index >= 15 is 0 Å². The van der Waals surface area contributed by atoms with Gasteiger partial charge in [0.25, 0.3) is 0 Å². The van der Waals surface area contributed by atoms with E-state index in [-0.39, 0.29) is 29.6 Å². The van der Waals surface area contributed by atoms with Gasteiger partial charge in [-0.15, -0.1) is 0 Å². The van der Waals surface area contributed by atoms with Gasteiger partial charge in [-0.3, -0.25) is 15.5 Å². The van der Waals surface area contributed by atoms with Crippen LogP contribution in [-0.4, -0.2) is 41.7 Å². The molecule has 10 nitrogen and oxygen atoms in total. The van der Waals surface area contributed by atoms with Crippen LogP contribution >= 0.6 is 0 Å². The van der Waals surface area contributed by atoms with Gasteiger partial charge < -0.3 is 9.64 Å². The third-order valence-corrected chi connectivity index (χ3v) is 2.71. The Kier molecular flexibility index (Phi) is 6.25. The molecule has 0 aliphatic carbocycles. The van der Waals surface area contributed by atoms with E-state index in [2.05, 4.69) is 15.4 Å². The van der Waals surface area contributed by atoms with Crippen LogP contribution < -0.4 is 16.2 Å². The lowest BCUT2D eigenvalue weighted by atomic mass is 10.3. The summed E-state index contributed by atoms with van der Waals surface area (Å²) >= 11 is 0. The summed E-state index contributed by atoms with van der Waals surface area (Å²) in [6.45, 7) is 2.50. The van der Waals surface area contributed by atoms with Gasteiger partial charge in [-0.05, 0) is 6.92 Å². The molecule has 1 heterocycles.